The van der Waals surface area contributed by atoms with Gasteiger partial charge in [-0.25, -0.2) is 0 Å². The van der Waals surface area contributed by atoms with Gasteiger partial charge in [0.1, 0.15) is 0 Å². The first kappa shape index (κ1) is 16.2. The average Bonchev–Trinajstić information content (AvgIpc) is 2.44. The molecular formula is C18H30O. The van der Waals surface area contributed by atoms with Gasteiger partial charge in [0.05, 0.1) is 5.60 Å². The number of hydrogen-bond acceptors (Lipinski definition) is 1. The molecule has 0 aromatic heterocycles. The van der Waals surface area contributed by atoms with E-state index in [1.54, 1.807) is 0 Å². The van der Waals surface area contributed by atoms with Crippen LogP contribution in [0.25, 0.3) is 0 Å². The van der Waals surface area contributed by atoms with Crippen molar-refractivity contribution < 1.29 is 5.11 Å². The Hall–Kier alpha value is -0.820. The van der Waals surface area contributed by atoms with Crippen molar-refractivity contribution in [2.24, 2.45) is 0 Å². The molecule has 0 fully saturated rings. The molecule has 1 aromatic rings. The van der Waals surface area contributed by atoms with Crippen molar-refractivity contribution in [1.29, 1.82) is 0 Å². The van der Waals surface area contributed by atoms with Crippen molar-refractivity contribution in [3.8, 4) is 0 Å². The van der Waals surface area contributed by atoms with E-state index in [2.05, 4.69) is 38.1 Å². The summed E-state index contributed by atoms with van der Waals surface area (Å²) in [7, 11) is 0. The summed E-state index contributed by atoms with van der Waals surface area (Å²) in [5.41, 5.74) is 0.740. The Balaban J connectivity index is 2.30. The van der Waals surface area contributed by atoms with Crippen molar-refractivity contribution >= 4 is 0 Å². The summed E-state index contributed by atoms with van der Waals surface area (Å²) in [6.45, 7) is 4.34. The third kappa shape index (κ3) is 6.77. The second kappa shape index (κ2) is 9.14. The van der Waals surface area contributed by atoms with Gasteiger partial charge in [0.15, 0.2) is 0 Å². The molecule has 1 nitrogen and oxygen atoms in total. The van der Waals surface area contributed by atoms with Gasteiger partial charge in [-0.05, 0) is 18.4 Å². The minimum absolute atomic E-state index is 0.508. The topological polar surface area (TPSA) is 20.2 Å². The van der Waals surface area contributed by atoms with E-state index in [4.69, 9.17) is 0 Å². The van der Waals surface area contributed by atoms with Crippen LogP contribution in [0.5, 0.6) is 0 Å². The summed E-state index contributed by atoms with van der Waals surface area (Å²) < 4.78 is 0. The van der Waals surface area contributed by atoms with Crippen LogP contribution in [-0.4, -0.2) is 10.7 Å². The van der Waals surface area contributed by atoms with E-state index in [0.717, 1.165) is 25.7 Å². The van der Waals surface area contributed by atoms with Crippen molar-refractivity contribution in [1.82, 2.24) is 0 Å². The van der Waals surface area contributed by atoms with E-state index < -0.39 is 5.60 Å². The second-order valence-electron chi connectivity index (χ2n) is 5.76. The summed E-state index contributed by atoms with van der Waals surface area (Å²) in [5.74, 6) is 0. The van der Waals surface area contributed by atoms with Crippen LogP contribution in [-0.2, 0) is 6.42 Å². The van der Waals surface area contributed by atoms with Gasteiger partial charge in [0.25, 0.3) is 0 Å². The SMILES string of the molecule is CCCCCCCCC(O)(CC)Cc1ccccc1. The Morgan fingerprint density at radius 3 is 2.16 bits per heavy atom. The molecule has 0 saturated carbocycles. The van der Waals surface area contributed by atoms with Crippen LogP contribution in [0.3, 0.4) is 0 Å². The number of hydrogen-bond donors (Lipinski definition) is 1. The molecule has 0 aliphatic carbocycles. The maximum Gasteiger partial charge on any atom is 0.0685 e. The molecule has 0 bridgehead atoms. The van der Waals surface area contributed by atoms with Gasteiger partial charge in [-0.15, -0.1) is 0 Å². The highest BCUT2D eigenvalue weighted by molar-refractivity contribution is 5.16. The van der Waals surface area contributed by atoms with Crippen LogP contribution in [0.2, 0.25) is 0 Å². The second-order valence-corrected chi connectivity index (χ2v) is 5.76. The van der Waals surface area contributed by atoms with Crippen molar-refractivity contribution in [3.63, 3.8) is 0 Å². The number of rotatable bonds is 10. The van der Waals surface area contributed by atoms with Gasteiger partial charge >= 0.3 is 0 Å². The first-order valence-corrected chi connectivity index (χ1v) is 7.96. The summed E-state index contributed by atoms with van der Waals surface area (Å²) in [4.78, 5) is 0. The number of benzene rings is 1. The molecule has 1 atom stereocenters. The molecule has 0 spiro atoms. The standard InChI is InChI=1S/C18H30O/c1-3-5-6-7-8-12-15-18(19,4-2)16-17-13-10-9-11-14-17/h9-11,13-14,19H,3-8,12,15-16H2,1-2H3. The molecule has 0 saturated heterocycles. The quantitative estimate of drug-likeness (QED) is 0.580. The molecule has 19 heavy (non-hydrogen) atoms. The maximum absolute atomic E-state index is 10.7. The highest BCUT2D eigenvalue weighted by Gasteiger charge is 2.24. The third-order valence-electron chi connectivity index (χ3n) is 4.03. The van der Waals surface area contributed by atoms with Crippen molar-refractivity contribution in [2.75, 3.05) is 0 Å². The van der Waals surface area contributed by atoms with Crippen LogP contribution in [0, 0.1) is 0 Å². The normalized spacial score (nSPS) is 14.3. The zero-order valence-electron chi connectivity index (χ0n) is 12.7. The predicted octanol–water partition coefficient (Wildman–Crippen LogP) is 5.12. The van der Waals surface area contributed by atoms with Crippen LogP contribution >= 0.6 is 0 Å². The number of unbranched alkanes of at least 4 members (excludes halogenated alkanes) is 5. The fourth-order valence-corrected chi connectivity index (χ4v) is 2.60. The molecule has 1 N–H and O–H groups in total. The van der Waals surface area contributed by atoms with E-state index in [9.17, 15) is 5.11 Å². The lowest BCUT2D eigenvalue weighted by Crippen LogP contribution is -2.30. The zero-order valence-corrected chi connectivity index (χ0v) is 12.7. The molecule has 1 unspecified atom stereocenters. The molecule has 1 heteroatoms. The minimum atomic E-state index is -0.508. The van der Waals surface area contributed by atoms with E-state index >= 15 is 0 Å². The highest BCUT2D eigenvalue weighted by Crippen LogP contribution is 2.24. The Morgan fingerprint density at radius 1 is 0.895 bits per heavy atom. The van der Waals surface area contributed by atoms with Gasteiger partial charge in [-0.3, -0.25) is 0 Å². The molecular weight excluding hydrogens is 232 g/mol. The Bertz CT molecular complexity index is 320. The van der Waals surface area contributed by atoms with Crippen LogP contribution in [0.4, 0.5) is 0 Å². The lowest BCUT2D eigenvalue weighted by atomic mass is 9.87. The summed E-state index contributed by atoms with van der Waals surface area (Å²) in [5, 5.41) is 10.7. The first-order valence-electron chi connectivity index (χ1n) is 7.96. The first-order chi connectivity index (χ1) is 9.20. The Kier molecular flexibility index (Phi) is 7.81. The van der Waals surface area contributed by atoms with Gasteiger partial charge in [-0.2, -0.15) is 0 Å². The highest BCUT2D eigenvalue weighted by atomic mass is 16.3. The van der Waals surface area contributed by atoms with E-state index in [1.165, 1.54) is 37.7 Å². The molecule has 0 radical (unpaired) electrons. The Morgan fingerprint density at radius 2 is 1.53 bits per heavy atom. The van der Waals surface area contributed by atoms with Crippen LogP contribution in [0.15, 0.2) is 30.3 Å². The molecule has 0 amide bonds. The third-order valence-corrected chi connectivity index (χ3v) is 4.03. The van der Waals surface area contributed by atoms with Crippen molar-refractivity contribution in [2.45, 2.75) is 77.2 Å². The molecule has 1 aromatic carbocycles. The molecule has 0 aliphatic rings. The van der Waals surface area contributed by atoms with E-state index in [1.807, 2.05) is 6.07 Å². The van der Waals surface area contributed by atoms with Crippen LogP contribution in [0.1, 0.15) is 70.8 Å². The lowest BCUT2D eigenvalue weighted by Gasteiger charge is -2.27. The fourth-order valence-electron chi connectivity index (χ4n) is 2.60. The van der Waals surface area contributed by atoms with Gasteiger partial charge in [-0.1, -0.05) is 82.7 Å². The smallest absolute Gasteiger partial charge is 0.0685 e. The van der Waals surface area contributed by atoms with E-state index in [-0.39, 0.29) is 0 Å². The fraction of sp³-hybridized carbons (Fsp3) is 0.667. The van der Waals surface area contributed by atoms with Gasteiger partial charge in [0, 0.05) is 6.42 Å². The van der Waals surface area contributed by atoms with E-state index in [0.29, 0.717) is 0 Å². The largest absolute Gasteiger partial charge is 0.390 e. The maximum atomic E-state index is 10.7. The summed E-state index contributed by atoms with van der Waals surface area (Å²) in [6, 6.07) is 10.4. The van der Waals surface area contributed by atoms with Gasteiger partial charge < -0.3 is 5.11 Å². The van der Waals surface area contributed by atoms with Gasteiger partial charge in [0.2, 0.25) is 0 Å². The Labute approximate surface area is 119 Å². The molecule has 108 valence electrons. The molecule has 0 aliphatic heterocycles. The minimum Gasteiger partial charge on any atom is -0.390 e. The predicted molar refractivity (Wildman–Crippen MR) is 83.4 cm³/mol. The zero-order chi connectivity index (χ0) is 14.0. The molecule has 0 heterocycles. The summed E-state index contributed by atoms with van der Waals surface area (Å²) in [6.07, 6.45) is 10.3. The summed E-state index contributed by atoms with van der Waals surface area (Å²) >= 11 is 0. The molecule has 1 rings (SSSR count). The average molecular weight is 262 g/mol. The van der Waals surface area contributed by atoms with Crippen LogP contribution < -0.4 is 0 Å². The monoisotopic (exact) mass is 262 g/mol. The van der Waals surface area contributed by atoms with Crippen molar-refractivity contribution in [3.05, 3.63) is 35.9 Å². The number of aliphatic hydroxyl groups is 1. The lowest BCUT2D eigenvalue weighted by molar-refractivity contribution is 0.0252.